The highest BCUT2D eigenvalue weighted by atomic mass is 19.3. The fraction of sp³-hybridized carbons (Fsp3) is 0.417. The molecule has 0 radical (unpaired) electrons. The van der Waals surface area contributed by atoms with Crippen molar-refractivity contribution in [3.63, 3.8) is 0 Å². The van der Waals surface area contributed by atoms with Crippen molar-refractivity contribution in [2.24, 2.45) is 5.41 Å². The van der Waals surface area contributed by atoms with E-state index in [4.69, 9.17) is 0 Å². The zero-order valence-corrected chi connectivity index (χ0v) is 18.9. The van der Waals surface area contributed by atoms with E-state index in [0.717, 1.165) is 11.1 Å². The Labute approximate surface area is 190 Å². The van der Waals surface area contributed by atoms with Gasteiger partial charge in [0.15, 0.2) is 0 Å². The first-order valence-electron chi connectivity index (χ1n) is 10.9. The lowest BCUT2D eigenvalue weighted by molar-refractivity contribution is -0.0494. The van der Waals surface area contributed by atoms with Gasteiger partial charge in [0.05, 0.1) is 17.4 Å². The number of rotatable bonds is 4. The molecule has 33 heavy (non-hydrogen) atoms. The third-order valence-electron chi connectivity index (χ3n) is 5.59. The number of hydrogen-bond donors (Lipinski definition) is 1. The Morgan fingerprint density at radius 3 is 2.45 bits per heavy atom. The second-order valence-corrected chi connectivity index (χ2v) is 9.62. The van der Waals surface area contributed by atoms with Crippen LogP contribution in [0.2, 0.25) is 0 Å². The zero-order valence-electron chi connectivity index (χ0n) is 18.9. The minimum Gasteiger partial charge on any atom is -0.350 e. The molecular formula is C24H27F2N5O2. The van der Waals surface area contributed by atoms with Gasteiger partial charge in [-0.05, 0) is 29.7 Å². The van der Waals surface area contributed by atoms with Gasteiger partial charge in [-0.3, -0.25) is 14.2 Å². The second-order valence-electron chi connectivity index (χ2n) is 9.62. The lowest BCUT2D eigenvalue weighted by Crippen LogP contribution is -2.42. The second kappa shape index (κ2) is 8.53. The number of piperidine rings is 1. The number of amides is 2. The molecule has 0 spiro atoms. The number of alkyl halides is 2. The highest BCUT2D eigenvalue weighted by Gasteiger charge is 2.35. The molecule has 0 bridgehead atoms. The SMILES string of the molecule is CC(C)(C)CNC(=O)c1ccc(-n2ccc3cc(C(=O)N4CCC(F)(F)CC4)cnc32)cn1. The summed E-state index contributed by atoms with van der Waals surface area (Å²) in [5, 5.41) is 3.62. The summed E-state index contributed by atoms with van der Waals surface area (Å²) in [7, 11) is 0. The molecule has 4 heterocycles. The molecule has 4 rings (SSSR count). The van der Waals surface area contributed by atoms with Gasteiger partial charge < -0.3 is 10.2 Å². The van der Waals surface area contributed by atoms with E-state index in [9.17, 15) is 18.4 Å². The summed E-state index contributed by atoms with van der Waals surface area (Å²) in [4.78, 5) is 35.2. The Balaban J connectivity index is 1.49. The van der Waals surface area contributed by atoms with Crippen LogP contribution in [0.4, 0.5) is 8.78 Å². The van der Waals surface area contributed by atoms with Crippen molar-refractivity contribution in [3.05, 3.63) is 54.1 Å². The maximum Gasteiger partial charge on any atom is 0.269 e. The van der Waals surface area contributed by atoms with E-state index in [1.54, 1.807) is 24.4 Å². The summed E-state index contributed by atoms with van der Waals surface area (Å²) in [6.07, 6.45) is 4.24. The molecule has 174 valence electrons. The lowest BCUT2D eigenvalue weighted by atomic mass is 9.97. The molecule has 7 nitrogen and oxygen atoms in total. The fourth-order valence-electron chi connectivity index (χ4n) is 3.67. The van der Waals surface area contributed by atoms with Crippen molar-refractivity contribution in [2.75, 3.05) is 19.6 Å². The van der Waals surface area contributed by atoms with Gasteiger partial charge in [0.1, 0.15) is 11.3 Å². The van der Waals surface area contributed by atoms with Crippen LogP contribution in [-0.2, 0) is 0 Å². The van der Waals surface area contributed by atoms with Crippen LogP contribution < -0.4 is 5.32 Å². The molecule has 0 atom stereocenters. The van der Waals surface area contributed by atoms with Gasteiger partial charge in [-0.25, -0.2) is 18.7 Å². The van der Waals surface area contributed by atoms with E-state index in [0.29, 0.717) is 23.4 Å². The number of carbonyl (C=O) groups is 2. The molecule has 3 aromatic rings. The smallest absolute Gasteiger partial charge is 0.269 e. The number of pyridine rings is 2. The van der Waals surface area contributed by atoms with Crippen LogP contribution in [0.5, 0.6) is 0 Å². The molecule has 1 N–H and O–H groups in total. The highest BCUT2D eigenvalue weighted by molar-refractivity contribution is 5.97. The van der Waals surface area contributed by atoms with Crippen molar-refractivity contribution < 1.29 is 18.4 Å². The summed E-state index contributed by atoms with van der Waals surface area (Å²) in [5.41, 5.74) is 2.03. The van der Waals surface area contributed by atoms with E-state index in [2.05, 4.69) is 15.3 Å². The van der Waals surface area contributed by atoms with Crippen molar-refractivity contribution in [3.8, 4) is 5.69 Å². The van der Waals surface area contributed by atoms with Crippen LogP contribution in [-0.4, -0.2) is 56.8 Å². The molecule has 1 aliphatic rings. The molecule has 0 aromatic carbocycles. The monoisotopic (exact) mass is 455 g/mol. The van der Waals surface area contributed by atoms with Gasteiger partial charge in [0.2, 0.25) is 0 Å². The fourth-order valence-corrected chi connectivity index (χ4v) is 3.67. The molecule has 0 unspecified atom stereocenters. The van der Waals surface area contributed by atoms with Crippen molar-refractivity contribution in [1.29, 1.82) is 0 Å². The lowest BCUT2D eigenvalue weighted by Gasteiger charge is -2.31. The molecular weight excluding hydrogens is 428 g/mol. The summed E-state index contributed by atoms with van der Waals surface area (Å²) in [5.74, 6) is -3.22. The highest BCUT2D eigenvalue weighted by Crippen LogP contribution is 2.29. The summed E-state index contributed by atoms with van der Waals surface area (Å²) >= 11 is 0. The quantitative estimate of drug-likeness (QED) is 0.643. The Morgan fingerprint density at radius 1 is 1.09 bits per heavy atom. The number of likely N-dealkylation sites (tertiary alicyclic amines) is 1. The number of hydrogen-bond acceptors (Lipinski definition) is 4. The normalized spacial score (nSPS) is 16.1. The average Bonchev–Trinajstić information content (AvgIpc) is 3.20. The predicted octanol–water partition coefficient (Wildman–Crippen LogP) is 4.07. The number of nitrogens with zero attached hydrogens (tertiary/aromatic N) is 4. The average molecular weight is 456 g/mol. The predicted molar refractivity (Wildman–Crippen MR) is 121 cm³/mol. The maximum absolute atomic E-state index is 13.4. The first kappa shape index (κ1) is 22.8. The van der Waals surface area contributed by atoms with E-state index >= 15 is 0 Å². The van der Waals surface area contributed by atoms with Gasteiger partial charge in [0, 0.05) is 50.3 Å². The summed E-state index contributed by atoms with van der Waals surface area (Å²) in [6.45, 7) is 6.73. The summed E-state index contributed by atoms with van der Waals surface area (Å²) in [6, 6.07) is 6.99. The third-order valence-corrected chi connectivity index (χ3v) is 5.59. The van der Waals surface area contributed by atoms with Crippen LogP contribution in [0.1, 0.15) is 54.5 Å². The van der Waals surface area contributed by atoms with Crippen LogP contribution in [0, 0.1) is 5.41 Å². The Kier molecular flexibility index (Phi) is 5.90. The number of halogens is 2. The number of nitrogens with one attached hydrogen (secondary N) is 1. The maximum atomic E-state index is 13.4. The Hall–Kier alpha value is -3.36. The third kappa shape index (κ3) is 5.18. The topological polar surface area (TPSA) is 80.1 Å². The van der Waals surface area contributed by atoms with Gasteiger partial charge in [-0.15, -0.1) is 0 Å². The molecule has 1 aliphatic heterocycles. The van der Waals surface area contributed by atoms with E-state index < -0.39 is 5.92 Å². The van der Waals surface area contributed by atoms with Crippen molar-refractivity contribution in [2.45, 2.75) is 39.5 Å². The molecule has 0 aliphatic carbocycles. The van der Waals surface area contributed by atoms with Gasteiger partial charge in [0.25, 0.3) is 17.7 Å². The molecule has 3 aromatic heterocycles. The van der Waals surface area contributed by atoms with Crippen LogP contribution in [0.25, 0.3) is 16.7 Å². The molecule has 0 saturated carbocycles. The van der Waals surface area contributed by atoms with E-state index in [1.165, 1.54) is 11.1 Å². The largest absolute Gasteiger partial charge is 0.350 e. The zero-order chi connectivity index (χ0) is 23.8. The number of aromatic nitrogens is 3. The Bertz CT molecular complexity index is 1170. The molecule has 1 fully saturated rings. The van der Waals surface area contributed by atoms with E-state index in [-0.39, 0.29) is 43.2 Å². The van der Waals surface area contributed by atoms with Crippen molar-refractivity contribution >= 4 is 22.8 Å². The number of carbonyl (C=O) groups excluding carboxylic acids is 2. The molecule has 1 saturated heterocycles. The minimum absolute atomic E-state index is 0.0232. The van der Waals surface area contributed by atoms with Crippen LogP contribution in [0.3, 0.4) is 0 Å². The first-order chi connectivity index (χ1) is 15.5. The standard InChI is InChI=1S/C24H27F2N5O2/c1-23(2,3)15-29-21(32)19-5-4-18(14-27-19)31-9-6-16-12-17(13-28-20(16)31)22(33)30-10-7-24(25,26)8-11-30/h4-6,9,12-14H,7-8,10-11,15H2,1-3H3,(H,29,32). The van der Waals surface area contributed by atoms with Gasteiger partial charge in [-0.1, -0.05) is 20.8 Å². The molecule has 2 amide bonds. The molecule has 9 heteroatoms. The van der Waals surface area contributed by atoms with Crippen LogP contribution in [0.15, 0.2) is 42.9 Å². The van der Waals surface area contributed by atoms with Crippen molar-refractivity contribution in [1.82, 2.24) is 24.8 Å². The number of fused-ring (bicyclic) bond motifs is 1. The van der Waals surface area contributed by atoms with E-state index in [1.807, 2.05) is 37.6 Å². The van der Waals surface area contributed by atoms with Gasteiger partial charge in [-0.2, -0.15) is 0 Å². The minimum atomic E-state index is -2.70. The Morgan fingerprint density at radius 2 is 1.82 bits per heavy atom. The summed E-state index contributed by atoms with van der Waals surface area (Å²) < 4.78 is 28.6. The van der Waals surface area contributed by atoms with Gasteiger partial charge >= 0.3 is 0 Å². The van der Waals surface area contributed by atoms with Crippen LogP contribution >= 0.6 is 0 Å². The first-order valence-corrected chi connectivity index (χ1v) is 10.9.